The van der Waals surface area contributed by atoms with E-state index in [0.717, 1.165) is 24.3 Å². The second kappa shape index (κ2) is 11.2. The SMILES string of the molecule is CC(C)(C)OC(=O)NC1CCN(c2cnc(Oc3ccc(Oc4ccccc4)cc3)c(C(N)=O)c2)CC1. The molecule has 2 aromatic carbocycles. The quantitative estimate of drug-likeness (QED) is 0.451. The summed E-state index contributed by atoms with van der Waals surface area (Å²) < 4.78 is 17.0. The van der Waals surface area contributed by atoms with Crippen LogP contribution in [-0.4, -0.2) is 41.7 Å². The fraction of sp³-hybridized carbons (Fsp3) is 0.321. The van der Waals surface area contributed by atoms with Crippen molar-refractivity contribution in [2.75, 3.05) is 18.0 Å². The van der Waals surface area contributed by atoms with Gasteiger partial charge in [-0.2, -0.15) is 0 Å². The molecule has 37 heavy (non-hydrogen) atoms. The highest BCUT2D eigenvalue weighted by atomic mass is 16.6. The molecule has 0 unspecified atom stereocenters. The van der Waals surface area contributed by atoms with Gasteiger partial charge in [-0.1, -0.05) is 18.2 Å². The fourth-order valence-corrected chi connectivity index (χ4v) is 3.94. The van der Waals surface area contributed by atoms with Crippen molar-refractivity contribution >= 4 is 17.7 Å². The summed E-state index contributed by atoms with van der Waals surface area (Å²) in [5, 5.41) is 2.92. The monoisotopic (exact) mass is 504 g/mol. The molecule has 2 heterocycles. The highest BCUT2D eigenvalue weighted by molar-refractivity contribution is 5.96. The van der Waals surface area contributed by atoms with Gasteiger partial charge in [-0.15, -0.1) is 0 Å². The van der Waals surface area contributed by atoms with E-state index in [0.29, 0.717) is 24.6 Å². The molecule has 1 aromatic heterocycles. The number of piperidine rings is 1. The van der Waals surface area contributed by atoms with Crippen molar-refractivity contribution in [1.82, 2.24) is 10.3 Å². The van der Waals surface area contributed by atoms with Crippen molar-refractivity contribution in [1.29, 1.82) is 0 Å². The first-order valence-electron chi connectivity index (χ1n) is 12.2. The van der Waals surface area contributed by atoms with Crippen LogP contribution in [0.2, 0.25) is 0 Å². The molecule has 1 aliphatic rings. The number of benzene rings is 2. The minimum Gasteiger partial charge on any atom is -0.457 e. The number of aromatic nitrogens is 1. The Kier molecular flexibility index (Phi) is 7.81. The van der Waals surface area contributed by atoms with Gasteiger partial charge in [0.1, 0.15) is 28.4 Å². The van der Waals surface area contributed by atoms with Crippen molar-refractivity contribution in [3.05, 3.63) is 72.4 Å². The summed E-state index contributed by atoms with van der Waals surface area (Å²) in [6, 6.07) is 18.2. The molecule has 0 radical (unpaired) electrons. The van der Waals surface area contributed by atoms with Crippen LogP contribution in [0.3, 0.4) is 0 Å². The summed E-state index contributed by atoms with van der Waals surface area (Å²) in [5.74, 6) is 1.39. The highest BCUT2D eigenvalue weighted by Gasteiger charge is 2.25. The summed E-state index contributed by atoms with van der Waals surface area (Å²) in [5.41, 5.74) is 6.06. The lowest BCUT2D eigenvalue weighted by molar-refractivity contribution is 0.0497. The van der Waals surface area contributed by atoms with Gasteiger partial charge >= 0.3 is 6.09 Å². The van der Waals surface area contributed by atoms with Crippen LogP contribution < -0.4 is 25.4 Å². The third-order valence-corrected chi connectivity index (χ3v) is 5.70. The van der Waals surface area contributed by atoms with Gasteiger partial charge in [-0.05, 0) is 76.1 Å². The lowest BCUT2D eigenvalue weighted by Gasteiger charge is -2.34. The maximum Gasteiger partial charge on any atom is 0.407 e. The standard InChI is InChI=1S/C28H32N4O5/c1-28(2,3)37-27(34)31-19-13-15-32(16-14-19)20-17-24(25(29)33)26(30-18-20)36-23-11-9-22(10-12-23)35-21-7-5-4-6-8-21/h4-12,17-19H,13-16H2,1-3H3,(H2,29,33)(H,31,34). The minimum absolute atomic E-state index is 0.0196. The summed E-state index contributed by atoms with van der Waals surface area (Å²) in [6.07, 6.45) is 2.72. The maximum atomic E-state index is 12.2. The Labute approximate surface area is 216 Å². The number of nitrogens with one attached hydrogen (secondary N) is 1. The molecule has 0 aliphatic carbocycles. The van der Waals surface area contributed by atoms with E-state index in [4.69, 9.17) is 19.9 Å². The number of para-hydroxylation sites is 1. The predicted octanol–water partition coefficient (Wildman–Crippen LogP) is 5.26. The number of hydrogen-bond donors (Lipinski definition) is 2. The third-order valence-electron chi connectivity index (χ3n) is 5.70. The van der Waals surface area contributed by atoms with Crippen LogP contribution in [0.25, 0.3) is 0 Å². The fourth-order valence-electron chi connectivity index (χ4n) is 3.94. The zero-order chi connectivity index (χ0) is 26.4. The molecule has 1 fully saturated rings. The molecule has 0 saturated carbocycles. The zero-order valence-electron chi connectivity index (χ0n) is 21.3. The molecular weight excluding hydrogens is 472 g/mol. The average Bonchev–Trinajstić information content (AvgIpc) is 2.85. The zero-order valence-corrected chi connectivity index (χ0v) is 21.3. The molecule has 0 spiro atoms. The Morgan fingerprint density at radius 3 is 2.14 bits per heavy atom. The van der Waals surface area contributed by atoms with Gasteiger partial charge < -0.3 is 30.2 Å². The number of ether oxygens (including phenoxy) is 3. The third kappa shape index (κ3) is 7.36. The van der Waals surface area contributed by atoms with Gasteiger partial charge in [-0.3, -0.25) is 4.79 Å². The molecule has 9 nitrogen and oxygen atoms in total. The molecule has 3 aromatic rings. The van der Waals surface area contributed by atoms with Gasteiger partial charge in [0.15, 0.2) is 0 Å². The van der Waals surface area contributed by atoms with Gasteiger partial charge in [0.05, 0.1) is 11.9 Å². The van der Waals surface area contributed by atoms with Crippen LogP contribution in [0.1, 0.15) is 44.0 Å². The molecule has 9 heteroatoms. The molecule has 4 rings (SSSR count). The van der Waals surface area contributed by atoms with Gasteiger partial charge in [0.2, 0.25) is 5.88 Å². The number of nitrogens with zero attached hydrogens (tertiary/aromatic N) is 2. The Hall–Kier alpha value is -4.27. The summed E-state index contributed by atoms with van der Waals surface area (Å²) in [6.45, 7) is 6.87. The molecule has 0 atom stereocenters. The average molecular weight is 505 g/mol. The number of alkyl carbamates (subject to hydrolysis) is 1. The van der Waals surface area contributed by atoms with Crippen LogP contribution in [0.15, 0.2) is 66.9 Å². The molecule has 0 bridgehead atoms. The Bertz CT molecular complexity index is 1220. The minimum atomic E-state index is -0.630. The first-order valence-corrected chi connectivity index (χ1v) is 12.2. The topological polar surface area (TPSA) is 116 Å². The Morgan fingerprint density at radius 1 is 0.946 bits per heavy atom. The predicted molar refractivity (Wildman–Crippen MR) is 140 cm³/mol. The van der Waals surface area contributed by atoms with E-state index in [2.05, 4.69) is 15.2 Å². The molecule has 2 amide bonds. The van der Waals surface area contributed by atoms with Crippen molar-refractivity contribution in [2.45, 2.75) is 45.3 Å². The molecular formula is C28H32N4O5. The number of primary amides is 1. The van der Waals surface area contributed by atoms with E-state index >= 15 is 0 Å². The van der Waals surface area contributed by atoms with E-state index in [-0.39, 0.29) is 17.5 Å². The number of anilines is 1. The number of hydrogen-bond acceptors (Lipinski definition) is 7. The van der Waals surface area contributed by atoms with Crippen LogP contribution in [0.5, 0.6) is 23.1 Å². The largest absolute Gasteiger partial charge is 0.457 e. The molecule has 1 aliphatic heterocycles. The Balaban J connectivity index is 1.37. The number of rotatable bonds is 7. The van der Waals surface area contributed by atoms with E-state index < -0.39 is 17.6 Å². The summed E-state index contributed by atoms with van der Waals surface area (Å²) in [7, 11) is 0. The number of nitrogens with two attached hydrogens (primary N) is 1. The van der Waals surface area contributed by atoms with Crippen LogP contribution in [0.4, 0.5) is 10.5 Å². The second-order valence-electron chi connectivity index (χ2n) is 9.81. The lowest BCUT2D eigenvalue weighted by Crippen LogP contribution is -2.46. The van der Waals surface area contributed by atoms with Crippen molar-refractivity contribution in [3.8, 4) is 23.1 Å². The van der Waals surface area contributed by atoms with Crippen LogP contribution in [-0.2, 0) is 4.74 Å². The van der Waals surface area contributed by atoms with Crippen LogP contribution in [0, 0.1) is 0 Å². The van der Waals surface area contributed by atoms with Crippen molar-refractivity contribution < 1.29 is 23.8 Å². The summed E-state index contributed by atoms with van der Waals surface area (Å²) >= 11 is 0. The second-order valence-corrected chi connectivity index (χ2v) is 9.81. The highest BCUT2D eigenvalue weighted by Crippen LogP contribution is 2.30. The molecule has 194 valence electrons. The lowest BCUT2D eigenvalue weighted by atomic mass is 10.0. The van der Waals surface area contributed by atoms with E-state index in [1.54, 1.807) is 36.5 Å². The van der Waals surface area contributed by atoms with E-state index in [1.807, 2.05) is 51.1 Å². The number of carbonyl (C=O) groups is 2. The van der Waals surface area contributed by atoms with E-state index in [9.17, 15) is 9.59 Å². The first kappa shape index (κ1) is 25.8. The van der Waals surface area contributed by atoms with Gasteiger partial charge in [0, 0.05) is 19.1 Å². The summed E-state index contributed by atoms with van der Waals surface area (Å²) in [4.78, 5) is 30.7. The smallest absolute Gasteiger partial charge is 0.407 e. The number of amides is 2. The first-order chi connectivity index (χ1) is 17.7. The maximum absolute atomic E-state index is 12.2. The van der Waals surface area contributed by atoms with E-state index in [1.165, 1.54) is 0 Å². The van der Waals surface area contributed by atoms with Crippen LogP contribution >= 0.6 is 0 Å². The Morgan fingerprint density at radius 2 is 1.54 bits per heavy atom. The number of pyridine rings is 1. The molecule has 3 N–H and O–H groups in total. The normalized spacial score (nSPS) is 14.1. The van der Waals surface area contributed by atoms with Crippen molar-refractivity contribution in [3.63, 3.8) is 0 Å². The van der Waals surface area contributed by atoms with Gasteiger partial charge in [0.25, 0.3) is 5.91 Å². The van der Waals surface area contributed by atoms with Crippen molar-refractivity contribution in [2.24, 2.45) is 5.73 Å². The number of carbonyl (C=O) groups excluding carboxylic acids is 2. The molecule has 1 saturated heterocycles. The van der Waals surface area contributed by atoms with Gasteiger partial charge in [-0.25, -0.2) is 9.78 Å².